The molecule has 5 aromatic rings. The van der Waals surface area contributed by atoms with Crippen LogP contribution in [0.5, 0.6) is 28.7 Å². The molecule has 2 N–H and O–H groups in total. The number of thiazole rings is 1. The van der Waals surface area contributed by atoms with Crippen LogP contribution in [-0.4, -0.2) is 87.1 Å². The number of carbonyl (C=O) groups is 6. The molecular weight excluding hydrogens is 1050 g/mol. The number of hydrogen-bond donors (Lipinski definition) is 2. The van der Waals surface area contributed by atoms with Crippen molar-refractivity contribution in [1.29, 1.82) is 5.41 Å². The van der Waals surface area contributed by atoms with Gasteiger partial charge in [-0.25, -0.2) is 14.6 Å². The Morgan fingerprint density at radius 1 is 0.543 bits per heavy atom. The summed E-state index contributed by atoms with van der Waals surface area (Å²) in [5.41, 5.74) is 2.30. The second-order valence-electron chi connectivity index (χ2n) is 19.7. The van der Waals surface area contributed by atoms with Gasteiger partial charge in [0, 0.05) is 37.4 Å². The lowest BCUT2D eigenvalue weighted by molar-refractivity contribution is -0.152. The van der Waals surface area contributed by atoms with Gasteiger partial charge in [0.15, 0.2) is 5.13 Å². The van der Waals surface area contributed by atoms with E-state index in [9.17, 15) is 28.8 Å². The largest absolute Gasteiger partial charge is 0.494 e. The molecule has 0 aliphatic heterocycles. The van der Waals surface area contributed by atoms with Crippen molar-refractivity contribution in [3.63, 3.8) is 0 Å². The van der Waals surface area contributed by atoms with Crippen LogP contribution >= 0.6 is 11.3 Å². The van der Waals surface area contributed by atoms with Crippen molar-refractivity contribution in [3.8, 4) is 28.7 Å². The number of carbonyl (C=O) groups excluding carboxylic acids is 6. The number of rotatable bonds is 30. The summed E-state index contributed by atoms with van der Waals surface area (Å²) in [7, 11) is 1.89. The fraction of sp³-hybridized carbons (Fsp3) is 0.429. The average Bonchev–Trinajstić information content (AvgIpc) is 3.96. The first kappa shape index (κ1) is 62.3. The molecule has 1 aromatic heterocycles. The van der Waals surface area contributed by atoms with Crippen molar-refractivity contribution in [2.24, 2.45) is 23.7 Å². The van der Waals surface area contributed by atoms with Crippen molar-refractivity contribution < 1.29 is 66.7 Å². The molecule has 0 spiro atoms. The second kappa shape index (κ2) is 34.3. The zero-order chi connectivity index (χ0) is 57.6. The highest BCUT2D eigenvalue weighted by atomic mass is 32.1. The van der Waals surface area contributed by atoms with Crippen LogP contribution < -0.4 is 29.0 Å². The van der Waals surface area contributed by atoms with Crippen LogP contribution in [-0.2, 0) is 49.4 Å². The van der Waals surface area contributed by atoms with E-state index in [1.165, 1.54) is 4.70 Å². The van der Waals surface area contributed by atoms with Crippen LogP contribution in [0.4, 0.5) is 5.13 Å². The quantitative estimate of drug-likeness (QED) is 0.0109. The summed E-state index contributed by atoms with van der Waals surface area (Å²) >= 11 is 1.68. The molecule has 2 fully saturated rings. The van der Waals surface area contributed by atoms with E-state index < -0.39 is 23.8 Å². The van der Waals surface area contributed by atoms with Crippen LogP contribution in [0.2, 0.25) is 0 Å². The van der Waals surface area contributed by atoms with Crippen molar-refractivity contribution in [1.82, 2.24) is 4.98 Å². The standard InChI is InChI=1S/C55H67NO14.C8H8N2S/c1-3-50(57)65-34-11-7-5-9-32-63-45-22-26-47(27-23-45)68-53(60)41-16-14-40(15-17-41)52(59)67-36-31-39-13-30-49(44(37-39)38-56)70-55(62)43-20-18-42(19-21-43)54(61)69-48-28-24-46(25-29-48)64-33-10-6-8-12-35-66-51(58)4-2;1-9-8-10-6-4-2-3-5-7(6)11-8/h3-4,13,22-30,37-38,40-43,56H,1-2,5-12,14-21,31-36H2;2-5H,1H3,(H,9,10). The lowest BCUT2D eigenvalue weighted by atomic mass is 9.82. The average molecular weight is 1130 g/mol. The van der Waals surface area contributed by atoms with Gasteiger partial charge in [-0.15, -0.1) is 0 Å². The van der Waals surface area contributed by atoms with Gasteiger partial charge < -0.3 is 48.6 Å². The van der Waals surface area contributed by atoms with Crippen LogP contribution in [0.15, 0.2) is 116 Å². The van der Waals surface area contributed by atoms with E-state index in [2.05, 4.69) is 29.5 Å². The van der Waals surface area contributed by atoms with Gasteiger partial charge in [0.1, 0.15) is 28.7 Å². The van der Waals surface area contributed by atoms with Gasteiger partial charge in [-0.05, 0) is 181 Å². The first-order valence-electron chi connectivity index (χ1n) is 28.0. The van der Waals surface area contributed by atoms with E-state index in [1.54, 1.807) is 78.1 Å². The lowest BCUT2D eigenvalue weighted by Gasteiger charge is -2.26. The van der Waals surface area contributed by atoms with E-state index in [4.69, 9.17) is 43.3 Å². The number of anilines is 1. The van der Waals surface area contributed by atoms with Crippen molar-refractivity contribution in [3.05, 3.63) is 127 Å². The highest BCUT2D eigenvalue weighted by molar-refractivity contribution is 7.22. The van der Waals surface area contributed by atoms with Gasteiger partial charge in [0.05, 0.1) is 66.9 Å². The van der Waals surface area contributed by atoms with Crippen LogP contribution in [0.25, 0.3) is 10.2 Å². The van der Waals surface area contributed by atoms with Gasteiger partial charge in [-0.1, -0.05) is 42.7 Å². The summed E-state index contributed by atoms with van der Waals surface area (Å²) in [6, 6.07) is 27.1. The number of aromatic nitrogens is 1. The Morgan fingerprint density at radius 3 is 1.44 bits per heavy atom. The van der Waals surface area contributed by atoms with Crippen LogP contribution in [0.3, 0.4) is 0 Å². The maximum Gasteiger partial charge on any atom is 0.330 e. The Labute approximate surface area is 478 Å². The van der Waals surface area contributed by atoms with E-state index in [-0.39, 0.29) is 48.0 Å². The lowest BCUT2D eigenvalue weighted by Crippen LogP contribution is -2.30. The topological polar surface area (TPSA) is 225 Å². The third-order valence-corrected chi connectivity index (χ3v) is 14.9. The first-order valence-corrected chi connectivity index (χ1v) is 28.8. The Kier molecular flexibility index (Phi) is 26.4. The van der Waals surface area contributed by atoms with Crippen LogP contribution in [0, 0.1) is 29.1 Å². The molecule has 81 heavy (non-hydrogen) atoms. The molecule has 0 radical (unpaired) electrons. The molecule has 0 atom stereocenters. The van der Waals surface area contributed by atoms with Crippen LogP contribution in [0.1, 0.15) is 114 Å². The molecule has 1 heterocycles. The van der Waals surface area contributed by atoms with Crippen molar-refractivity contribution >= 4 is 68.7 Å². The minimum atomic E-state index is -0.410. The van der Waals surface area contributed by atoms with E-state index >= 15 is 0 Å². The second-order valence-corrected chi connectivity index (χ2v) is 20.8. The third-order valence-electron chi connectivity index (χ3n) is 13.9. The number of esters is 6. The summed E-state index contributed by atoms with van der Waals surface area (Å²) in [6.07, 6.45) is 14.8. The Hall–Kier alpha value is -7.86. The molecule has 7 rings (SSSR count). The molecule has 0 saturated heterocycles. The van der Waals surface area contributed by atoms with E-state index in [0.29, 0.717) is 113 Å². The third kappa shape index (κ3) is 21.6. The number of ether oxygens (including phenoxy) is 8. The van der Waals surface area contributed by atoms with Gasteiger partial charge >= 0.3 is 35.8 Å². The Morgan fingerprint density at radius 2 is 0.988 bits per heavy atom. The summed E-state index contributed by atoms with van der Waals surface area (Å²) in [6.45, 7) is 8.73. The van der Waals surface area contributed by atoms with Crippen molar-refractivity contribution in [2.45, 2.75) is 109 Å². The number of nitrogens with one attached hydrogen (secondary N) is 2. The molecule has 2 saturated carbocycles. The monoisotopic (exact) mass is 1130 g/mol. The number of benzene rings is 4. The summed E-state index contributed by atoms with van der Waals surface area (Å²) in [5, 5.41) is 12.0. The molecule has 0 bridgehead atoms. The zero-order valence-corrected chi connectivity index (χ0v) is 47.1. The minimum absolute atomic E-state index is 0.138. The molecular formula is C63H75N3O14S. The number of unbranched alkanes of at least 4 members (excludes halogenated alkanes) is 6. The summed E-state index contributed by atoms with van der Waals surface area (Å²) in [4.78, 5) is 78.5. The fourth-order valence-electron chi connectivity index (χ4n) is 9.21. The number of hydrogen-bond acceptors (Lipinski definition) is 18. The molecule has 4 aromatic carbocycles. The molecule has 0 unspecified atom stereocenters. The Balaban J connectivity index is 0.000000848. The van der Waals surface area contributed by atoms with E-state index in [1.807, 2.05) is 25.2 Å². The first-order chi connectivity index (χ1) is 39.4. The molecule has 2 aliphatic rings. The number of nitrogens with zero attached hydrogens (tertiary/aromatic N) is 1. The highest BCUT2D eigenvalue weighted by Gasteiger charge is 2.34. The fourth-order valence-corrected chi connectivity index (χ4v) is 10.0. The number of fused-ring (bicyclic) bond motifs is 1. The molecule has 17 nitrogen and oxygen atoms in total. The van der Waals surface area contributed by atoms with Gasteiger partial charge in [0.25, 0.3) is 0 Å². The van der Waals surface area contributed by atoms with Gasteiger partial charge in [0.2, 0.25) is 0 Å². The smallest absolute Gasteiger partial charge is 0.330 e. The van der Waals surface area contributed by atoms with Crippen molar-refractivity contribution in [2.75, 3.05) is 45.4 Å². The predicted octanol–water partition coefficient (Wildman–Crippen LogP) is 12.2. The molecule has 0 amide bonds. The zero-order valence-electron chi connectivity index (χ0n) is 46.2. The molecule has 18 heteroatoms. The molecule has 2 aliphatic carbocycles. The van der Waals surface area contributed by atoms with Gasteiger partial charge in [-0.3, -0.25) is 19.2 Å². The number of para-hydroxylation sites is 1. The summed E-state index contributed by atoms with van der Waals surface area (Å²) in [5.74, 6) is -1.10. The molecule has 432 valence electrons. The maximum atomic E-state index is 13.2. The maximum absolute atomic E-state index is 13.2. The van der Waals surface area contributed by atoms with Gasteiger partial charge in [-0.2, -0.15) is 0 Å². The summed E-state index contributed by atoms with van der Waals surface area (Å²) < 4.78 is 45.4. The SMILES string of the molecule is C=CC(=O)OCCCCCCOc1ccc(OC(=O)C2CCC(C(=O)OCCc3ccc(OC(=O)C4CCC(C(=O)Oc5ccc(OCCCCCCOC(=O)C=C)cc5)CC4)c(C=N)c3)CC2)cc1.CNc1nc2ccccc2s1. The Bertz CT molecular complexity index is 2800. The highest BCUT2D eigenvalue weighted by Crippen LogP contribution is 2.34. The van der Waals surface area contributed by atoms with E-state index in [0.717, 1.165) is 85.9 Å². The normalized spacial score (nSPS) is 16.5. The minimum Gasteiger partial charge on any atom is -0.494 e. The predicted molar refractivity (Wildman–Crippen MR) is 309 cm³/mol.